The Morgan fingerprint density at radius 2 is 2.26 bits per heavy atom. The molecule has 0 spiro atoms. The van der Waals surface area contributed by atoms with Gasteiger partial charge in [-0.2, -0.15) is 11.8 Å². The number of hydrogen-bond donors (Lipinski definition) is 2. The van der Waals surface area contributed by atoms with Crippen LogP contribution in [0.3, 0.4) is 0 Å². The fourth-order valence-electron chi connectivity index (χ4n) is 1.79. The van der Waals surface area contributed by atoms with Crippen LogP contribution in [-0.4, -0.2) is 39.2 Å². The lowest BCUT2D eigenvalue weighted by molar-refractivity contribution is 0.0996. The number of nitrogens with zero attached hydrogens (tertiary/aromatic N) is 2. The van der Waals surface area contributed by atoms with Gasteiger partial charge in [-0.25, -0.2) is 9.97 Å². The van der Waals surface area contributed by atoms with E-state index in [0.717, 1.165) is 15.1 Å². The van der Waals surface area contributed by atoms with E-state index in [-0.39, 0.29) is 5.28 Å². The van der Waals surface area contributed by atoms with E-state index in [1.165, 1.54) is 0 Å². The molecule has 4 nitrogen and oxygen atoms in total. The molecule has 1 unspecified atom stereocenters. The van der Waals surface area contributed by atoms with Gasteiger partial charge < -0.3 is 10.4 Å². The van der Waals surface area contributed by atoms with E-state index >= 15 is 0 Å². The van der Waals surface area contributed by atoms with E-state index in [1.807, 2.05) is 19.2 Å². The zero-order valence-corrected chi connectivity index (χ0v) is 13.4. The molecule has 0 saturated carbocycles. The molecule has 0 saturated heterocycles. The molecule has 0 aliphatic rings. The number of thiophene rings is 1. The van der Waals surface area contributed by atoms with Gasteiger partial charge in [-0.15, -0.1) is 11.3 Å². The van der Waals surface area contributed by atoms with Crippen molar-refractivity contribution in [2.24, 2.45) is 0 Å². The number of fused-ring (bicyclic) bond motifs is 1. The summed E-state index contributed by atoms with van der Waals surface area (Å²) >= 11 is 9.11. The van der Waals surface area contributed by atoms with Crippen LogP contribution in [0.1, 0.15) is 11.8 Å². The smallest absolute Gasteiger partial charge is 0.225 e. The summed E-state index contributed by atoms with van der Waals surface area (Å²) in [4.78, 5) is 10.4. The van der Waals surface area contributed by atoms with Gasteiger partial charge in [-0.3, -0.25) is 0 Å². The van der Waals surface area contributed by atoms with Crippen molar-refractivity contribution >= 4 is 50.7 Å². The van der Waals surface area contributed by atoms with Crippen LogP contribution in [0.4, 0.5) is 5.82 Å². The first-order valence-corrected chi connectivity index (χ1v) is 8.39. The molecule has 2 N–H and O–H groups in total. The second-order valence-electron chi connectivity index (χ2n) is 4.70. The van der Waals surface area contributed by atoms with Gasteiger partial charge in [0.1, 0.15) is 10.6 Å². The number of anilines is 1. The van der Waals surface area contributed by atoms with Gasteiger partial charge in [0.15, 0.2) is 0 Å². The summed E-state index contributed by atoms with van der Waals surface area (Å²) in [5, 5.41) is 14.5. The molecule has 0 aliphatic heterocycles. The van der Waals surface area contributed by atoms with Crippen molar-refractivity contribution in [3.63, 3.8) is 0 Å². The normalized spacial score (nSPS) is 14.6. The molecular weight excluding hydrogens is 302 g/mol. The lowest BCUT2D eigenvalue weighted by Gasteiger charge is -2.23. The van der Waals surface area contributed by atoms with Crippen molar-refractivity contribution in [2.45, 2.75) is 19.4 Å². The Morgan fingerprint density at radius 3 is 2.95 bits per heavy atom. The van der Waals surface area contributed by atoms with Gasteiger partial charge in [0.25, 0.3) is 0 Å². The maximum Gasteiger partial charge on any atom is 0.225 e. The molecule has 0 aliphatic carbocycles. The monoisotopic (exact) mass is 317 g/mol. The van der Waals surface area contributed by atoms with Gasteiger partial charge in [-0.05, 0) is 37.8 Å². The Kier molecular flexibility index (Phi) is 4.55. The van der Waals surface area contributed by atoms with E-state index in [0.29, 0.717) is 18.1 Å². The minimum absolute atomic E-state index is 0.223. The number of nitrogens with one attached hydrogen (secondary N) is 1. The van der Waals surface area contributed by atoms with Crippen LogP contribution in [-0.2, 0) is 0 Å². The predicted octanol–water partition coefficient (Wildman–Crippen LogP) is 3.18. The Labute approximate surface area is 125 Å². The summed E-state index contributed by atoms with van der Waals surface area (Å²) in [6, 6.07) is 2.03. The van der Waals surface area contributed by atoms with E-state index in [2.05, 4.69) is 15.3 Å². The van der Waals surface area contributed by atoms with Crippen LogP contribution in [0.25, 0.3) is 10.2 Å². The van der Waals surface area contributed by atoms with Gasteiger partial charge in [-0.1, -0.05) is 0 Å². The summed E-state index contributed by atoms with van der Waals surface area (Å²) in [7, 11) is 0. The molecule has 0 amide bonds. The van der Waals surface area contributed by atoms with Gasteiger partial charge in [0.2, 0.25) is 5.28 Å². The third-order valence-corrected chi connectivity index (χ3v) is 4.60. The van der Waals surface area contributed by atoms with Crippen LogP contribution in [0.2, 0.25) is 5.28 Å². The molecule has 0 radical (unpaired) electrons. The Bertz CT molecular complexity index is 586. The molecule has 2 aromatic rings. The lowest BCUT2D eigenvalue weighted by Crippen LogP contribution is -2.36. The van der Waals surface area contributed by atoms with Crippen molar-refractivity contribution < 1.29 is 5.11 Å². The first-order chi connectivity index (χ1) is 8.91. The number of aryl methyl sites for hydroxylation is 1. The number of hydrogen-bond acceptors (Lipinski definition) is 6. The largest absolute Gasteiger partial charge is 0.387 e. The Hall–Kier alpha value is -0.560. The molecule has 7 heteroatoms. The van der Waals surface area contributed by atoms with Crippen LogP contribution >= 0.6 is 34.7 Å². The fourth-order valence-corrected chi connectivity index (χ4v) is 3.61. The standard InChI is InChI=1S/C12H16ClN3OS2/c1-7-4-8-9(14-5-12(2,17)6-18-3)15-11(13)16-10(8)19-7/h4,17H,5-6H2,1-3H3,(H,14,15,16). The van der Waals surface area contributed by atoms with Crippen molar-refractivity contribution in [2.75, 3.05) is 23.9 Å². The highest BCUT2D eigenvalue weighted by Crippen LogP contribution is 2.29. The predicted molar refractivity (Wildman–Crippen MR) is 84.7 cm³/mol. The van der Waals surface area contributed by atoms with Crippen molar-refractivity contribution in [3.8, 4) is 0 Å². The topological polar surface area (TPSA) is 58.0 Å². The average molecular weight is 318 g/mol. The summed E-state index contributed by atoms with van der Waals surface area (Å²) in [5.41, 5.74) is -0.783. The van der Waals surface area contributed by atoms with E-state index < -0.39 is 5.60 Å². The van der Waals surface area contributed by atoms with Crippen LogP contribution in [0.5, 0.6) is 0 Å². The van der Waals surface area contributed by atoms with Gasteiger partial charge in [0.05, 0.1) is 11.0 Å². The van der Waals surface area contributed by atoms with E-state index in [4.69, 9.17) is 11.6 Å². The zero-order chi connectivity index (χ0) is 14.0. The van der Waals surface area contributed by atoms with Gasteiger partial charge in [0, 0.05) is 17.2 Å². The fraction of sp³-hybridized carbons (Fsp3) is 0.500. The van der Waals surface area contributed by atoms with Crippen LogP contribution in [0, 0.1) is 6.92 Å². The number of rotatable bonds is 5. The SMILES string of the molecule is CSCC(C)(O)CNc1nc(Cl)nc2sc(C)cc12. The van der Waals surface area contributed by atoms with Gasteiger partial charge >= 0.3 is 0 Å². The number of halogens is 1. The summed E-state index contributed by atoms with van der Waals surface area (Å²) in [6.45, 7) is 4.24. The zero-order valence-electron chi connectivity index (χ0n) is 11.0. The minimum atomic E-state index is -0.783. The summed E-state index contributed by atoms with van der Waals surface area (Å²) < 4.78 is 0. The lowest BCUT2D eigenvalue weighted by atomic mass is 10.1. The van der Waals surface area contributed by atoms with Crippen LogP contribution < -0.4 is 5.32 Å². The number of aliphatic hydroxyl groups is 1. The Morgan fingerprint density at radius 1 is 1.53 bits per heavy atom. The van der Waals surface area contributed by atoms with Crippen molar-refractivity contribution in [1.29, 1.82) is 0 Å². The number of aromatic nitrogens is 2. The molecule has 1 atom stereocenters. The van der Waals surface area contributed by atoms with Crippen LogP contribution in [0.15, 0.2) is 6.07 Å². The molecule has 0 fully saturated rings. The van der Waals surface area contributed by atoms with Crippen molar-refractivity contribution in [3.05, 3.63) is 16.2 Å². The highest BCUT2D eigenvalue weighted by molar-refractivity contribution is 7.98. The summed E-state index contributed by atoms with van der Waals surface area (Å²) in [6.07, 6.45) is 1.97. The summed E-state index contributed by atoms with van der Waals surface area (Å²) in [5.74, 6) is 1.34. The quantitative estimate of drug-likeness (QED) is 0.829. The highest BCUT2D eigenvalue weighted by atomic mass is 35.5. The molecule has 19 heavy (non-hydrogen) atoms. The molecule has 0 aromatic carbocycles. The molecular formula is C12H16ClN3OS2. The van der Waals surface area contributed by atoms with E-state index in [9.17, 15) is 5.11 Å². The number of thioether (sulfide) groups is 1. The minimum Gasteiger partial charge on any atom is -0.387 e. The molecule has 2 aromatic heterocycles. The second kappa shape index (κ2) is 5.83. The third kappa shape index (κ3) is 3.72. The second-order valence-corrected chi connectivity index (χ2v) is 7.14. The van der Waals surface area contributed by atoms with Crippen molar-refractivity contribution in [1.82, 2.24) is 9.97 Å². The maximum absolute atomic E-state index is 10.2. The average Bonchev–Trinajstić information content (AvgIpc) is 2.66. The molecule has 2 heterocycles. The first kappa shape index (κ1) is 14.8. The molecule has 2 rings (SSSR count). The maximum atomic E-state index is 10.2. The Balaban J connectivity index is 2.25. The molecule has 104 valence electrons. The third-order valence-electron chi connectivity index (χ3n) is 2.58. The van der Waals surface area contributed by atoms with E-state index in [1.54, 1.807) is 30.0 Å². The molecule has 0 bridgehead atoms. The highest BCUT2D eigenvalue weighted by Gasteiger charge is 2.20. The first-order valence-electron chi connectivity index (χ1n) is 5.80.